The normalized spacial score (nSPS) is 15.7. The summed E-state index contributed by atoms with van der Waals surface area (Å²) in [6.45, 7) is 0.0481. The summed E-state index contributed by atoms with van der Waals surface area (Å²) < 4.78 is 0. The van der Waals surface area contributed by atoms with Crippen molar-refractivity contribution in [2.75, 3.05) is 21.0 Å². The molecule has 0 amide bonds. The highest BCUT2D eigenvalue weighted by molar-refractivity contribution is 8.49. The van der Waals surface area contributed by atoms with Crippen molar-refractivity contribution in [1.82, 2.24) is 0 Å². The van der Waals surface area contributed by atoms with Gasteiger partial charge in [-0.2, -0.15) is 9.16 Å². The number of anilines is 9. The number of rotatable bonds is 5. The minimum atomic E-state index is -3.33. The fraction of sp³-hybridized carbons (Fsp3) is 0.0182. The maximum absolute atomic E-state index is 3.33. The van der Waals surface area contributed by atoms with Gasteiger partial charge in [0.1, 0.15) is 0 Å². The van der Waals surface area contributed by atoms with Crippen molar-refractivity contribution in [3.05, 3.63) is 231 Å². The fourth-order valence-corrected chi connectivity index (χ4v) is 16.7. The second-order valence-electron chi connectivity index (χ2n) is 16.3. The summed E-state index contributed by atoms with van der Waals surface area (Å²) >= 11 is 0. The molecule has 3 aliphatic rings. The SMILES string of the molecule is C[SH]1(c2ccccc2)(c2ccccc2)c2ccccc2N(c2cc3c4c(c2)N(c2ccccc2)c2ccccc2B4c2ccccc2N3c2ccccc2)c2ccccc21. The van der Waals surface area contributed by atoms with E-state index in [0.717, 1.165) is 17.1 Å². The second kappa shape index (κ2) is 13.2. The summed E-state index contributed by atoms with van der Waals surface area (Å²) in [7, 11) is -3.33. The highest BCUT2D eigenvalue weighted by Gasteiger charge is 2.51. The quantitative estimate of drug-likeness (QED) is 0.138. The summed E-state index contributed by atoms with van der Waals surface area (Å²) in [5, 5.41) is 0. The first kappa shape index (κ1) is 34.8. The van der Waals surface area contributed by atoms with E-state index >= 15 is 0 Å². The lowest BCUT2D eigenvalue weighted by Gasteiger charge is -2.64. The Kier molecular flexibility index (Phi) is 7.63. The van der Waals surface area contributed by atoms with Crippen molar-refractivity contribution >= 4 is 83.4 Å². The van der Waals surface area contributed by atoms with Gasteiger partial charge in [-0.3, -0.25) is 0 Å². The third-order valence-electron chi connectivity index (χ3n) is 13.4. The van der Waals surface area contributed by atoms with Gasteiger partial charge >= 0.3 is 0 Å². The number of hydrogen-bond acceptors (Lipinski definition) is 3. The van der Waals surface area contributed by atoms with Gasteiger partial charge in [0.2, 0.25) is 0 Å². The van der Waals surface area contributed by atoms with Crippen LogP contribution in [0.3, 0.4) is 0 Å². The Balaban J connectivity index is 1.21. The number of hydrogen-bond donors (Lipinski definition) is 1. The number of para-hydroxylation sites is 6. The Morgan fingerprint density at radius 3 is 1.08 bits per heavy atom. The van der Waals surface area contributed by atoms with E-state index in [2.05, 4.69) is 251 Å². The van der Waals surface area contributed by atoms with Crippen molar-refractivity contribution in [2.45, 2.75) is 19.6 Å². The molecule has 0 aromatic heterocycles. The maximum atomic E-state index is 2.58. The van der Waals surface area contributed by atoms with Crippen molar-refractivity contribution in [2.24, 2.45) is 0 Å². The van der Waals surface area contributed by atoms with Gasteiger partial charge in [0.15, 0.2) is 0 Å². The van der Waals surface area contributed by atoms with Gasteiger partial charge in [0.25, 0.3) is 6.71 Å². The van der Waals surface area contributed by atoms with Crippen LogP contribution in [-0.4, -0.2) is 13.0 Å². The van der Waals surface area contributed by atoms with Gasteiger partial charge in [-0.05, 0) is 105 Å². The molecule has 0 N–H and O–H groups in total. The van der Waals surface area contributed by atoms with Crippen LogP contribution in [0.15, 0.2) is 250 Å². The van der Waals surface area contributed by atoms with Crippen molar-refractivity contribution < 1.29 is 0 Å². The Morgan fingerprint density at radius 1 is 0.317 bits per heavy atom. The Morgan fingerprint density at radius 2 is 0.650 bits per heavy atom. The van der Waals surface area contributed by atoms with E-state index in [-0.39, 0.29) is 6.71 Å². The predicted octanol–water partition coefficient (Wildman–Crippen LogP) is 12.8. The van der Waals surface area contributed by atoms with Crippen LogP contribution >= 0.6 is 9.16 Å². The Labute approximate surface area is 352 Å². The lowest BCUT2D eigenvalue weighted by atomic mass is 9.33. The first-order chi connectivity index (χ1) is 29.6. The minimum Gasteiger partial charge on any atom is -0.311 e. The average molecular weight is 788 g/mol. The van der Waals surface area contributed by atoms with Crippen LogP contribution in [0.5, 0.6) is 0 Å². The molecule has 3 aliphatic heterocycles. The van der Waals surface area contributed by atoms with Crippen LogP contribution < -0.4 is 31.1 Å². The summed E-state index contributed by atoms with van der Waals surface area (Å²) in [6.07, 6.45) is 2.58. The van der Waals surface area contributed by atoms with Crippen molar-refractivity contribution in [3.63, 3.8) is 0 Å². The van der Waals surface area contributed by atoms with E-state index in [4.69, 9.17) is 0 Å². The third kappa shape index (κ3) is 4.64. The highest BCUT2D eigenvalue weighted by Crippen LogP contribution is 2.91. The zero-order valence-corrected chi connectivity index (χ0v) is 34.2. The van der Waals surface area contributed by atoms with Crippen LogP contribution in [0, 0.1) is 0 Å². The van der Waals surface area contributed by atoms with Gasteiger partial charge in [-0.1, -0.05) is 158 Å². The molecular formula is C55H42BN3S. The molecule has 0 bridgehead atoms. The molecule has 5 heteroatoms. The van der Waals surface area contributed by atoms with Crippen LogP contribution in [0.2, 0.25) is 0 Å². The number of thiol groups is 1. The maximum Gasteiger partial charge on any atom is 0.252 e. The van der Waals surface area contributed by atoms with Gasteiger partial charge in [0.05, 0.1) is 17.1 Å². The summed E-state index contributed by atoms with van der Waals surface area (Å²) in [5.41, 5.74) is 14.5. The van der Waals surface area contributed by atoms with Crippen LogP contribution in [0.1, 0.15) is 0 Å². The zero-order chi connectivity index (χ0) is 39.9. The van der Waals surface area contributed by atoms with Crippen molar-refractivity contribution in [3.8, 4) is 0 Å². The monoisotopic (exact) mass is 787 g/mol. The molecule has 0 unspecified atom stereocenters. The van der Waals surface area contributed by atoms with Crippen LogP contribution in [0.25, 0.3) is 0 Å². The lowest BCUT2D eigenvalue weighted by Crippen LogP contribution is -2.61. The third-order valence-corrected chi connectivity index (χ3v) is 19.8. The van der Waals surface area contributed by atoms with Gasteiger partial charge in [-0.15, -0.1) is 0 Å². The molecule has 0 aliphatic carbocycles. The van der Waals surface area contributed by atoms with E-state index in [1.54, 1.807) is 0 Å². The second-order valence-corrected chi connectivity index (χ2v) is 21.5. The standard InChI is InChI=1S/C55H42BN3S/c1-60(43-26-10-4-11-27-43,44-28-12-5-13-29-44)53-36-20-18-34-49(53)59(50-35-19-21-37-54(50)60)42-38-51-55-52(39-42)58(41-24-8-3-9-25-41)48-33-17-15-31-46(48)56(55)45-30-14-16-32-47(45)57(51)40-22-6-2-7-23-40/h2-39,60H,1H3. The predicted molar refractivity (Wildman–Crippen MR) is 256 cm³/mol. The molecule has 0 atom stereocenters. The Hall–Kier alpha value is -7.21. The van der Waals surface area contributed by atoms with Crippen molar-refractivity contribution in [1.29, 1.82) is 0 Å². The van der Waals surface area contributed by atoms with Gasteiger partial charge in [-0.25, -0.2) is 0 Å². The molecular weight excluding hydrogens is 746 g/mol. The zero-order valence-electron chi connectivity index (χ0n) is 33.3. The molecule has 9 aromatic carbocycles. The summed E-state index contributed by atoms with van der Waals surface area (Å²) in [5.74, 6) is 0. The molecule has 60 heavy (non-hydrogen) atoms. The highest BCUT2D eigenvalue weighted by atomic mass is 32.3. The molecule has 0 saturated carbocycles. The van der Waals surface area contributed by atoms with Gasteiger partial charge in [0, 0.05) is 43.9 Å². The number of nitrogens with zero attached hydrogens (tertiary/aromatic N) is 3. The molecule has 12 rings (SSSR count). The van der Waals surface area contributed by atoms with E-state index in [1.165, 1.54) is 70.1 Å². The fourth-order valence-electron chi connectivity index (χ4n) is 10.8. The molecule has 3 nitrogen and oxygen atoms in total. The molecule has 0 spiro atoms. The summed E-state index contributed by atoms with van der Waals surface area (Å²) in [4.78, 5) is 13.0. The topological polar surface area (TPSA) is 9.72 Å². The summed E-state index contributed by atoms with van der Waals surface area (Å²) in [6, 6.07) is 85.8. The van der Waals surface area contributed by atoms with E-state index in [0.29, 0.717) is 0 Å². The molecule has 0 saturated heterocycles. The smallest absolute Gasteiger partial charge is 0.252 e. The first-order valence-corrected chi connectivity index (χ1v) is 23.5. The van der Waals surface area contributed by atoms with E-state index in [9.17, 15) is 0 Å². The van der Waals surface area contributed by atoms with Crippen LogP contribution in [0.4, 0.5) is 51.2 Å². The van der Waals surface area contributed by atoms with Gasteiger partial charge < -0.3 is 14.7 Å². The van der Waals surface area contributed by atoms with E-state index < -0.39 is 9.16 Å². The number of benzene rings is 9. The van der Waals surface area contributed by atoms with E-state index in [1.807, 2.05) is 0 Å². The molecule has 0 fully saturated rings. The largest absolute Gasteiger partial charge is 0.311 e. The molecule has 286 valence electrons. The molecule has 0 radical (unpaired) electrons. The number of fused-ring (bicyclic) bond motifs is 6. The lowest BCUT2D eigenvalue weighted by molar-refractivity contribution is 1.10. The minimum absolute atomic E-state index is 0.0481. The Bertz CT molecular complexity index is 2900. The average Bonchev–Trinajstić information content (AvgIpc) is 3.32. The molecule has 3 heterocycles. The first-order valence-electron chi connectivity index (χ1n) is 20.8. The van der Waals surface area contributed by atoms with Crippen LogP contribution in [-0.2, 0) is 0 Å². The molecule has 9 aromatic rings.